The van der Waals surface area contributed by atoms with E-state index in [9.17, 15) is 0 Å². The molecule has 1 N–H and O–H groups in total. The molecule has 0 saturated carbocycles. The zero-order chi connectivity index (χ0) is 12.8. The zero-order valence-electron chi connectivity index (χ0n) is 11.7. The van der Waals surface area contributed by atoms with Crippen LogP contribution in [0.1, 0.15) is 45.2 Å². The highest BCUT2D eigenvalue weighted by Crippen LogP contribution is 2.26. The van der Waals surface area contributed by atoms with E-state index < -0.39 is 0 Å². The third-order valence-electron chi connectivity index (χ3n) is 3.79. The van der Waals surface area contributed by atoms with Crippen LogP contribution in [0.3, 0.4) is 0 Å². The fourth-order valence-corrected chi connectivity index (χ4v) is 2.76. The second-order valence-electron chi connectivity index (χ2n) is 5.04. The average molecular weight is 247 g/mol. The van der Waals surface area contributed by atoms with Crippen molar-refractivity contribution in [2.24, 2.45) is 0 Å². The highest BCUT2D eigenvalue weighted by atomic mass is 15.2. The van der Waals surface area contributed by atoms with Gasteiger partial charge in [0.1, 0.15) is 0 Å². The minimum Gasteiger partial charge on any atom is -0.368 e. The number of hydrogen-bond donors (Lipinski definition) is 1. The first-order valence-electron chi connectivity index (χ1n) is 7.27. The van der Waals surface area contributed by atoms with Crippen molar-refractivity contribution >= 4 is 5.69 Å². The van der Waals surface area contributed by atoms with Crippen LogP contribution in [0.2, 0.25) is 0 Å². The molecule has 18 heavy (non-hydrogen) atoms. The summed E-state index contributed by atoms with van der Waals surface area (Å²) in [7, 11) is 0. The van der Waals surface area contributed by atoms with Crippen LogP contribution in [0.4, 0.5) is 5.69 Å². The van der Waals surface area contributed by atoms with Gasteiger partial charge in [-0.2, -0.15) is 0 Å². The minimum atomic E-state index is 0.716. The largest absolute Gasteiger partial charge is 0.368 e. The Morgan fingerprint density at radius 3 is 3.06 bits per heavy atom. The lowest BCUT2D eigenvalue weighted by Crippen LogP contribution is -2.39. The number of nitrogens with zero attached hydrogens (tertiary/aromatic N) is 2. The van der Waals surface area contributed by atoms with Crippen LogP contribution < -0.4 is 10.2 Å². The maximum atomic E-state index is 4.43. The summed E-state index contributed by atoms with van der Waals surface area (Å²) < 4.78 is 0. The number of piperidine rings is 1. The molecule has 0 bridgehead atoms. The Morgan fingerprint density at radius 1 is 1.39 bits per heavy atom. The van der Waals surface area contributed by atoms with Crippen molar-refractivity contribution in [3.63, 3.8) is 0 Å². The molecule has 2 heterocycles. The first kappa shape index (κ1) is 13.3. The zero-order valence-corrected chi connectivity index (χ0v) is 11.7. The SMILES string of the molecule is CCNCc1cc(N2CCCCC2CC)ccn1. The molecule has 1 saturated heterocycles. The highest BCUT2D eigenvalue weighted by molar-refractivity contribution is 5.48. The summed E-state index contributed by atoms with van der Waals surface area (Å²) in [5.74, 6) is 0. The van der Waals surface area contributed by atoms with Crippen LogP contribution in [0.15, 0.2) is 18.3 Å². The molecule has 0 radical (unpaired) electrons. The van der Waals surface area contributed by atoms with Gasteiger partial charge in [-0.25, -0.2) is 0 Å². The van der Waals surface area contributed by atoms with Gasteiger partial charge < -0.3 is 10.2 Å². The van der Waals surface area contributed by atoms with Gasteiger partial charge in [-0.1, -0.05) is 13.8 Å². The van der Waals surface area contributed by atoms with E-state index in [0.29, 0.717) is 6.04 Å². The Morgan fingerprint density at radius 2 is 2.28 bits per heavy atom. The number of aromatic nitrogens is 1. The van der Waals surface area contributed by atoms with Crippen LogP contribution in [-0.4, -0.2) is 24.1 Å². The summed E-state index contributed by atoms with van der Waals surface area (Å²) >= 11 is 0. The summed E-state index contributed by atoms with van der Waals surface area (Å²) in [6.45, 7) is 7.48. The quantitative estimate of drug-likeness (QED) is 0.867. The predicted octanol–water partition coefficient (Wildman–Crippen LogP) is 2.96. The van der Waals surface area contributed by atoms with Crippen molar-refractivity contribution in [1.82, 2.24) is 10.3 Å². The Kier molecular flexibility index (Phi) is 5.00. The van der Waals surface area contributed by atoms with Gasteiger partial charge in [0.25, 0.3) is 0 Å². The second kappa shape index (κ2) is 6.74. The summed E-state index contributed by atoms with van der Waals surface area (Å²) in [6, 6.07) is 5.12. The van der Waals surface area contributed by atoms with Crippen molar-refractivity contribution in [2.45, 2.75) is 52.1 Å². The van der Waals surface area contributed by atoms with Gasteiger partial charge >= 0.3 is 0 Å². The van der Waals surface area contributed by atoms with Crippen molar-refractivity contribution in [1.29, 1.82) is 0 Å². The molecule has 0 spiro atoms. The van der Waals surface area contributed by atoms with Crippen LogP contribution in [-0.2, 0) is 6.54 Å². The van der Waals surface area contributed by atoms with Gasteiger partial charge in [0.15, 0.2) is 0 Å². The summed E-state index contributed by atoms with van der Waals surface area (Å²) in [4.78, 5) is 7.00. The maximum absolute atomic E-state index is 4.43. The second-order valence-corrected chi connectivity index (χ2v) is 5.04. The molecule has 0 aliphatic carbocycles. The molecule has 1 aromatic rings. The topological polar surface area (TPSA) is 28.2 Å². The first-order chi connectivity index (χ1) is 8.85. The predicted molar refractivity (Wildman–Crippen MR) is 76.9 cm³/mol. The standard InChI is InChI=1S/C15H25N3/c1-3-14-7-5-6-10-18(14)15-8-9-17-13(11-15)12-16-4-2/h8-9,11,14,16H,3-7,10,12H2,1-2H3. The van der Waals surface area contributed by atoms with E-state index in [-0.39, 0.29) is 0 Å². The Hall–Kier alpha value is -1.09. The lowest BCUT2D eigenvalue weighted by Gasteiger charge is -2.37. The Bertz CT molecular complexity index is 365. The van der Waals surface area contributed by atoms with Crippen molar-refractivity contribution < 1.29 is 0 Å². The number of rotatable bonds is 5. The summed E-state index contributed by atoms with van der Waals surface area (Å²) in [5, 5.41) is 3.34. The molecule has 100 valence electrons. The van der Waals surface area contributed by atoms with E-state index >= 15 is 0 Å². The van der Waals surface area contributed by atoms with Crippen molar-refractivity contribution in [3.05, 3.63) is 24.0 Å². The molecular weight excluding hydrogens is 222 g/mol. The van der Waals surface area contributed by atoms with Gasteiger partial charge in [-0.3, -0.25) is 4.98 Å². The normalized spacial score (nSPS) is 20.1. The minimum absolute atomic E-state index is 0.716. The Balaban J connectivity index is 2.10. The number of nitrogens with one attached hydrogen (secondary N) is 1. The van der Waals surface area contributed by atoms with Gasteiger partial charge in [0, 0.05) is 31.0 Å². The van der Waals surface area contributed by atoms with Crippen LogP contribution >= 0.6 is 0 Å². The van der Waals surface area contributed by atoms with Crippen LogP contribution in [0.5, 0.6) is 0 Å². The van der Waals surface area contributed by atoms with Crippen molar-refractivity contribution in [2.75, 3.05) is 18.0 Å². The smallest absolute Gasteiger partial charge is 0.0562 e. The molecule has 2 rings (SSSR count). The van der Waals surface area contributed by atoms with Gasteiger partial charge in [0.2, 0.25) is 0 Å². The summed E-state index contributed by atoms with van der Waals surface area (Å²) in [5.41, 5.74) is 2.50. The van der Waals surface area contributed by atoms with E-state index in [1.807, 2.05) is 6.20 Å². The third-order valence-corrected chi connectivity index (χ3v) is 3.79. The molecule has 1 aliphatic rings. The molecular formula is C15H25N3. The molecule has 1 atom stereocenters. The fraction of sp³-hybridized carbons (Fsp3) is 0.667. The molecule has 0 amide bonds. The maximum Gasteiger partial charge on any atom is 0.0562 e. The molecule has 3 nitrogen and oxygen atoms in total. The number of hydrogen-bond acceptors (Lipinski definition) is 3. The van der Waals surface area contributed by atoms with E-state index in [1.165, 1.54) is 37.9 Å². The first-order valence-corrected chi connectivity index (χ1v) is 7.27. The molecule has 1 unspecified atom stereocenters. The number of anilines is 1. The molecule has 1 fully saturated rings. The lowest BCUT2D eigenvalue weighted by atomic mass is 9.99. The monoisotopic (exact) mass is 247 g/mol. The van der Waals surface area contributed by atoms with Crippen molar-refractivity contribution in [3.8, 4) is 0 Å². The number of pyridine rings is 1. The van der Waals surface area contributed by atoms with Gasteiger partial charge in [-0.05, 0) is 44.4 Å². The molecule has 0 aromatic carbocycles. The van der Waals surface area contributed by atoms with Gasteiger partial charge in [-0.15, -0.1) is 0 Å². The molecule has 1 aromatic heterocycles. The summed E-state index contributed by atoms with van der Waals surface area (Å²) in [6.07, 6.45) is 7.22. The molecule has 1 aliphatic heterocycles. The van der Waals surface area contributed by atoms with E-state index in [0.717, 1.165) is 18.8 Å². The Labute approximate surface area is 111 Å². The van der Waals surface area contributed by atoms with E-state index in [1.54, 1.807) is 0 Å². The van der Waals surface area contributed by atoms with E-state index in [2.05, 4.69) is 41.2 Å². The average Bonchev–Trinajstić information content (AvgIpc) is 2.45. The van der Waals surface area contributed by atoms with Gasteiger partial charge in [0.05, 0.1) is 5.69 Å². The fourth-order valence-electron chi connectivity index (χ4n) is 2.76. The third kappa shape index (κ3) is 3.22. The van der Waals surface area contributed by atoms with Crippen LogP contribution in [0.25, 0.3) is 0 Å². The molecule has 3 heteroatoms. The lowest BCUT2D eigenvalue weighted by molar-refractivity contribution is 0.449. The van der Waals surface area contributed by atoms with E-state index in [4.69, 9.17) is 0 Å². The highest BCUT2D eigenvalue weighted by Gasteiger charge is 2.21. The van der Waals surface area contributed by atoms with Crippen LogP contribution in [0, 0.1) is 0 Å².